The second-order valence-electron chi connectivity index (χ2n) is 0.708. The molecule has 0 saturated carbocycles. The molecule has 0 rings (SSSR count). The number of halogens is 2. The van der Waals surface area contributed by atoms with E-state index in [0.29, 0.717) is 0 Å². The molecule has 0 aromatic heterocycles. The molecule has 0 saturated heterocycles. The molecule has 0 spiro atoms. The Morgan fingerprint density at radius 3 is 2.50 bits per heavy atom. The third-order valence-corrected chi connectivity index (χ3v) is 0.817. The van der Waals surface area contributed by atoms with E-state index in [2.05, 4.69) is 15.9 Å². The second-order valence-corrected chi connectivity index (χ2v) is 1.61. The minimum absolute atomic E-state index is 0.871. The first-order chi connectivity index (χ1) is 2.91. The van der Waals surface area contributed by atoms with Crippen LogP contribution >= 0.6 is 27.5 Å². The Morgan fingerprint density at radius 2 is 2.33 bits per heavy atom. The lowest BCUT2D eigenvalue weighted by atomic mass is 10.6. The second kappa shape index (κ2) is 5.51. The smallest absolute Gasteiger partial charge is 0.0715 e. The first kappa shape index (κ1) is 6.51. The van der Waals surface area contributed by atoms with Crippen molar-refractivity contribution in [2.24, 2.45) is 0 Å². The van der Waals surface area contributed by atoms with Crippen LogP contribution in [0.25, 0.3) is 0 Å². The van der Waals surface area contributed by atoms with Crippen molar-refractivity contribution in [3.05, 3.63) is 18.0 Å². The van der Waals surface area contributed by atoms with Gasteiger partial charge in [0.2, 0.25) is 0 Å². The largest absolute Gasteiger partial charge is 0.117 e. The van der Waals surface area contributed by atoms with Crippen LogP contribution in [0, 0.1) is 5.88 Å². The Morgan fingerprint density at radius 1 is 1.67 bits per heavy atom. The van der Waals surface area contributed by atoms with Crippen molar-refractivity contribution in [1.82, 2.24) is 0 Å². The van der Waals surface area contributed by atoms with E-state index in [-0.39, 0.29) is 0 Å². The summed E-state index contributed by atoms with van der Waals surface area (Å²) in [5.41, 5.74) is 0. The van der Waals surface area contributed by atoms with Gasteiger partial charge in [0.25, 0.3) is 0 Å². The summed E-state index contributed by atoms with van der Waals surface area (Å²) in [6.07, 6.45) is 3.68. The molecular formula is C4H5BrCl. The van der Waals surface area contributed by atoms with E-state index in [1.54, 1.807) is 6.08 Å². The fourth-order valence-corrected chi connectivity index (χ4v) is 0.422. The van der Waals surface area contributed by atoms with Crippen molar-refractivity contribution in [2.45, 2.75) is 0 Å². The molecule has 0 N–H and O–H groups in total. The normalized spacial score (nSPS) is 10.3. The summed E-state index contributed by atoms with van der Waals surface area (Å²) in [6.45, 7) is 0. The molecule has 6 heavy (non-hydrogen) atoms. The summed E-state index contributed by atoms with van der Waals surface area (Å²) in [4.78, 5) is 0. The van der Waals surface area contributed by atoms with Gasteiger partial charge in [-0.05, 0) is 0 Å². The summed E-state index contributed by atoms with van der Waals surface area (Å²) in [5, 5.41) is 0.871. The van der Waals surface area contributed by atoms with Crippen LogP contribution in [0.1, 0.15) is 0 Å². The zero-order chi connectivity index (χ0) is 4.83. The molecule has 0 unspecified atom stereocenters. The van der Waals surface area contributed by atoms with Gasteiger partial charge >= 0.3 is 0 Å². The highest BCUT2D eigenvalue weighted by atomic mass is 79.9. The molecule has 1 radical (unpaired) electrons. The van der Waals surface area contributed by atoms with Crippen LogP contribution in [0.4, 0.5) is 0 Å². The van der Waals surface area contributed by atoms with E-state index >= 15 is 0 Å². The van der Waals surface area contributed by atoms with Crippen LogP contribution in [-0.2, 0) is 0 Å². The Bertz CT molecular complexity index is 36.8. The molecule has 0 aliphatic carbocycles. The number of rotatable bonds is 2. The minimum atomic E-state index is 0.871. The van der Waals surface area contributed by atoms with Gasteiger partial charge in [0.15, 0.2) is 0 Å². The molecule has 0 nitrogen and oxygen atoms in total. The molecule has 0 aliphatic heterocycles. The minimum Gasteiger partial charge on any atom is -0.117 e. The Balaban J connectivity index is 2.73. The van der Waals surface area contributed by atoms with Gasteiger partial charge in [-0.25, -0.2) is 0 Å². The average Bonchev–Trinajstić information content (AvgIpc) is 1.61. The van der Waals surface area contributed by atoms with Gasteiger partial charge in [0.05, 0.1) is 5.88 Å². The first-order valence-corrected chi connectivity index (χ1v) is 3.12. The van der Waals surface area contributed by atoms with E-state index in [1.807, 2.05) is 6.08 Å². The van der Waals surface area contributed by atoms with Gasteiger partial charge < -0.3 is 0 Å². The van der Waals surface area contributed by atoms with Gasteiger partial charge in [0, 0.05) is 5.33 Å². The van der Waals surface area contributed by atoms with Crippen molar-refractivity contribution < 1.29 is 0 Å². The van der Waals surface area contributed by atoms with Crippen molar-refractivity contribution in [1.29, 1.82) is 0 Å². The zero-order valence-corrected chi connectivity index (χ0v) is 5.54. The number of allylic oxidation sites excluding steroid dienone is 2. The molecule has 0 aliphatic rings. The van der Waals surface area contributed by atoms with Crippen LogP contribution < -0.4 is 0 Å². The van der Waals surface area contributed by atoms with Crippen molar-refractivity contribution in [2.75, 3.05) is 5.33 Å². The SMILES string of the molecule is Cl[CH]/C=C/CBr. The zero-order valence-electron chi connectivity index (χ0n) is 3.20. The Labute approximate surface area is 51.3 Å². The maximum Gasteiger partial charge on any atom is 0.0715 e. The van der Waals surface area contributed by atoms with Gasteiger partial charge in [-0.15, -0.1) is 11.6 Å². The van der Waals surface area contributed by atoms with Crippen molar-refractivity contribution in [3.8, 4) is 0 Å². The van der Waals surface area contributed by atoms with E-state index in [1.165, 1.54) is 5.88 Å². The monoisotopic (exact) mass is 167 g/mol. The third kappa shape index (κ3) is 4.51. The van der Waals surface area contributed by atoms with Gasteiger partial charge in [-0.3, -0.25) is 0 Å². The van der Waals surface area contributed by atoms with Crippen LogP contribution in [0.5, 0.6) is 0 Å². The summed E-state index contributed by atoms with van der Waals surface area (Å²) in [5.74, 6) is 1.47. The molecule has 0 aromatic carbocycles. The average molecular weight is 168 g/mol. The van der Waals surface area contributed by atoms with E-state index in [9.17, 15) is 0 Å². The van der Waals surface area contributed by atoms with Crippen LogP contribution in [0.3, 0.4) is 0 Å². The predicted octanol–water partition coefficient (Wildman–Crippen LogP) is 2.34. The van der Waals surface area contributed by atoms with Gasteiger partial charge in [-0.1, -0.05) is 28.1 Å². The van der Waals surface area contributed by atoms with Crippen molar-refractivity contribution >= 4 is 27.5 Å². The molecule has 0 atom stereocenters. The Kier molecular flexibility index (Phi) is 5.98. The predicted molar refractivity (Wildman–Crippen MR) is 33.1 cm³/mol. The molecule has 0 heterocycles. The van der Waals surface area contributed by atoms with Crippen LogP contribution in [0.15, 0.2) is 12.2 Å². The van der Waals surface area contributed by atoms with Crippen molar-refractivity contribution in [3.63, 3.8) is 0 Å². The maximum atomic E-state index is 5.15. The quantitative estimate of drug-likeness (QED) is 0.555. The van der Waals surface area contributed by atoms with E-state index in [0.717, 1.165) is 5.33 Å². The first-order valence-electron chi connectivity index (χ1n) is 1.56. The molecule has 0 amide bonds. The lowest BCUT2D eigenvalue weighted by Crippen LogP contribution is -1.54. The summed E-state index contributed by atoms with van der Waals surface area (Å²) in [7, 11) is 0. The lowest BCUT2D eigenvalue weighted by Gasteiger charge is -1.69. The summed E-state index contributed by atoms with van der Waals surface area (Å²) >= 11 is 8.33. The number of hydrogen-bond acceptors (Lipinski definition) is 0. The molecule has 35 valence electrons. The fourth-order valence-electron chi connectivity index (χ4n) is 0.103. The maximum absolute atomic E-state index is 5.15. The van der Waals surface area contributed by atoms with Gasteiger partial charge in [-0.2, -0.15) is 0 Å². The molecule has 2 heteroatoms. The lowest BCUT2D eigenvalue weighted by molar-refractivity contribution is 1.78. The topological polar surface area (TPSA) is 0 Å². The summed E-state index contributed by atoms with van der Waals surface area (Å²) < 4.78 is 0. The Hall–Kier alpha value is 0.510. The number of hydrogen-bond donors (Lipinski definition) is 0. The highest BCUT2D eigenvalue weighted by molar-refractivity contribution is 9.09. The highest BCUT2D eigenvalue weighted by Gasteiger charge is 1.63. The fraction of sp³-hybridized carbons (Fsp3) is 0.250. The number of alkyl halides is 1. The van der Waals surface area contributed by atoms with Crippen LogP contribution in [-0.4, -0.2) is 5.33 Å². The third-order valence-electron chi connectivity index (χ3n) is 0.298. The highest BCUT2D eigenvalue weighted by Crippen LogP contribution is 1.87. The van der Waals surface area contributed by atoms with E-state index < -0.39 is 0 Å². The standard InChI is InChI=1S/C4H5BrCl/c5-3-1-2-4-6/h1-2,4H,3H2/b2-1+. The molecule has 0 aromatic rings. The molecule has 0 fully saturated rings. The van der Waals surface area contributed by atoms with E-state index in [4.69, 9.17) is 11.6 Å². The van der Waals surface area contributed by atoms with Gasteiger partial charge in [0.1, 0.15) is 0 Å². The molecule has 0 bridgehead atoms. The summed E-state index contributed by atoms with van der Waals surface area (Å²) in [6, 6.07) is 0. The van der Waals surface area contributed by atoms with Crippen LogP contribution in [0.2, 0.25) is 0 Å². The molecular weight excluding hydrogens is 163 g/mol.